The Labute approximate surface area is 186 Å². The average Bonchev–Trinajstić information content (AvgIpc) is 2.71. The van der Waals surface area contributed by atoms with Crippen LogP contribution in [0, 0.1) is 5.92 Å². The number of hydrogen-bond donors (Lipinski definition) is 2. The molecule has 1 unspecified atom stereocenters. The molecule has 1 aromatic heterocycles. The van der Waals surface area contributed by atoms with Gasteiger partial charge in [0, 0.05) is 38.9 Å². The lowest BCUT2D eigenvalue weighted by molar-refractivity contribution is 0.140. The predicted octanol–water partition coefficient (Wildman–Crippen LogP) is 3.45. The maximum Gasteiger partial charge on any atom is 0.191 e. The van der Waals surface area contributed by atoms with Gasteiger partial charge < -0.3 is 10.6 Å². The Bertz CT molecular complexity index is 748. The summed E-state index contributed by atoms with van der Waals surface area (Å²) in [5, 5.41) is 6.87. The van der Waals surface area contributed by atoms with Gasteiger partial charge in [-0.15, -0.1) is 24.0 Å². The van der Waals surface area contributed by atoms with E-state index in [1.165, 1.54) is 11.1 Å². The molecule has 2 heterocycles. The van der Waals surface area contributed by atoms with Crippen molar-refractivity contribution in [2.24, 2.45) is 10.9 Å². The van der Waals surface area contributed by atoms with Crippen molar-refractivity contribution in [3.63, 3.8) is 0 Å². The SMILES string of the molecule is CN=C(NCc1ccccn1)NCC(C(C)C)N1CCc2ccccc2C1.I. The minimum atomic E-state index is 0. The molecule has 0 saturated carbocycles. The minimum Gasteiger partial charge on any atom is -0.355 e. The standard InChI is InChI=1S/C22H31N5.HI/c1-17(2)21(27-13-11-18-8-4-5-9-19(18)16-27)15-26-22(23-3)25-14-20-10-6-7-12-24-20;/h4-10,12,17,21H,11,13-16H2,1-3H3,(H2,23,25,26);1H. The second-order valence-corrected chi connectivity index (χ2v) is 7.43. The monoisotopic (exact) mass is 493 g/mol. The second-order valence-electron chi connectivity index (χ2n) is 7.43. The Kier molecular flexibility index (Phi) is 9.18. The zero-order valence-corrected chi connectivity index (χ0v) is 19.4. The van der Waals surface area contributed by atoms with Crippen LogP contribution >= 0.6 is 24.0 Å². The number of aromatic nitrogens is 1. The molecule has 0 amide bonds. The number of pyridine rings is 1. The van der Waals surface area contributed by atoms with Crippen molar-refractivity contribution >= 4 is 29.9 Å². The number of fused-ring (bicyclic) bond motifs is 1. The van der Waals surface area contributed by atoms with Gasteiger partial charge in [0.25, 0.3) is 0 Å². The molecule has 1 aliphatic heterocycles. The molecule has 1 atom stereocenters. The number of hydrogen-bond acceptors (Lipinski definition) is 3. The quantitative estimate of drug-likeness (QED) is 0.368. The molecule has 0 saturated heterocycles. The van der Waals surface area contributed by atoms with Crippen LogP contribution in [-0.4, -0.2) is 42.0 Å². The fourth-order valence-corrected chi connectivity index (χ4v) is 3.69. The average molecular weight is 493 g/mol. The van der Waals surface area contributed by atoms with E-state index in [4.69, 9.17) is 0 Å². The van der Waals surface area contributed by atoms with E-state index < -0.39 is 0 Å². The highest BCUT2D eigenvalue weighted by Gasteiger charge is 2.25. The first-order valence-electron chi connectivity index (χ1n) is 9.82. The van der Waals surface area contributed by atoms with Crippen molar-refractivity contribution in [3.05, 3.63) is 65.5 Å². The normalized spacial score (nSPS) is 15.5. The Balaban J connectivity index is 0.00000280. The number of rotatable bonds is 6. The summed E-state index contributed by atoms with van der Waals surface area (Å²) in [5.41, 5.74) is 3.97. The summed E-state index contributed by atoms with van der Waals surface area (Å²) in [6, 6.07) is 15.2. The summed E-state index contributed by atoms with van der Waals surface area (Å²) in [6.07, 6.45) is 2.95. The van der Waals surface area contributed by atoms with Crippen LogP contribution in [0.25, 0.3) is 0 Å². The van der Waals surface area contributed by atoms with Crippen LogP contribution in [0.3, 0.4) is 0 Å². The topological polar surface area (TPSA) is 52.6 Å². The van der Waals surface area contributed by atoms with E-state index in [1.807, 2.05) is 31.4 Å². The number of guanidine groups is 1. The molecule has 0 radical (unpaired) electrons. The molecular formula is C22H32IN5. The van der Waals surface area contributed by atoms with Gasteiger partial charge in [0.05, 0.1) is 12.2 Å². The highest BCUT2D eigenvalue weighted by Crippen LogP contribution is 2.22. The molecule has 1 aromatic carbocycles. The van der Waals surface area contributed by atoms with Crippen molar-refractivity contribution in [2.75, 3.05) is 20.1 Å². The smallest absolute Gasteiger partial charge is 0.191 e. The number of aliphatic imine (C=N–C) groups is 1. The third-order valence-corrected chi connectivity index (χ3v) is 5.26. The summed E-state index contributed by atoms with van der Waals surface area (Å²) >= 11 is 0. The largest absolute Gasteiger partial charge is 0.355 e. The Hall–Kier alpha value is -1.67. The zero-order valence-electron chi connectivity index (χ0n) is 17.1. The molecule has 0 spiro atoms. The lowest BCUT2D eigenvalue weighted by atomic mass is 9.95. The third-order valence-electron chi connectivity index (χ3n) is 5.26. The number of nitrogens with one attached hydrogen (secondary N) is 2. The first-order chi connectivity index (χ1) is 13.2. The van der Waals surface area contributed by atoms with Gasteiger partial charge >= 0.3 is 0 Å². The van der Waals surface area contributed by atoms with E-state index >= 15 is 0 Å². The van der Waals surface area contributed by atoms with E-state index in [0.29, 0.717) is 18.5 Å². The van der Waals surface area contributed by atoms with E-state index in [2.05, 4.69) is 63.6 Å². The fraction of sp³-hybridized carbons (Fsp3) is 0.455. The van der Waals surface area contributed by atoms with Crippen molar-refractivity contribution in [3.8, 4) is 0 Å². The summed E-state index contributed by atoms with van der Waals surface area (Å²) in [5.74, 6) is 1.39. The van der Waals surface area contributed by atoms with Crippen LogP contribution in [-0.2, 0) is 19.5 Å². The summed E-state index contributed by atoms with van der Waals surface area (Å²) in [4.78, 5) is 11.3. The van der Waals surface area contributed by atoms with E-state index in [1.54, 1.807) is 0 Å². The van der Waals surface area contributed by atoms with Crippen LogP contribution in [0.15, 0.2) is 53.7 Å². The van der Waals surface area contributed by atoms with Gasteiger partial charge in [0.1, 0.15) is 0 Å². The molecule has 3 rings (SSSR count). The van der Waals surface area contributed by atoms with E-state index in [0.717, 1.165) is 37.7 Å². The number of halogens is 1. The van der Waals surface area contributed by atoms with Gasteiger partial charge in [-0.25, -0.2) is 0 Å². The van der Waals surface area contributed by atoms with Crippen LogP contribution < -0.4 is 10.6 Å². The molecule has 0 bridgehead atoms. The van der Waals surface area contributed by atoms with Gasteiger partial charge in [-0.2, -0.15) is 0 Å². The van der Waals surface area contributed by atoms with Crippen molar-refractivity contribution in [2.45, 2.75) is 39.4 Å². The Morgan fingerprint density at radius 1 is 1.11 bits per heavy atom. The first kappa shape index (κ1) is 22.6. The van der Waals surface area contributed by atoms with Gasteiger partial charge in [0.15, 0.2) is 5.96 Å². The van der Waals surface area contributed by atoms with Crippen LogP contribution in [0.5, 0.6) is 0 Å². The molecule has 152 valence electrons. The summed E-state index contributed by atoms with van der Waals surface area (Å²) in [7, 11) is 1.81. The predicted molar refractivity (Wildman–Crippen MR) is 127 cm³/mol. The van der Waals surface area contributed by atoms with Crippen molar-refractivity contribution in [1.29, 1.82) is 0 Å². The van der Waals surface area contributed by atoms with Gasteiger partial charge in [0.2, 0.25) is 0 Å². The molecule has 2 aromatic rings. The summed E-state index contributed by atoms with van der Waals surface area (Å²) in [6.45, 7) is 8.29. The molecule has 0 aliphatic carbocycles. The number of benzene rings is 1. The van der Waals surface area contributed by atoms with Crippen LogP contribution in [0.1, 0.15) is 30.7 Å². The molecule has 1 aliphatic rings. The highest BCUT2D eigenvalue weighted by molar-refractivity contribution is 14.0. The lowest BCUT2D eigenvalue weighted by Gasteiger charge is -2.38. The molecule has 6 heteroatoms. The fourth-order valence-electron chi connectivity index (χ4n) is 3.69. The van der Waals surface area contributed by atoms with Gasteiger partial charge in [-0.1, -0.05) is 44.2 Å². The molecule has 5 nitrogen and oxygen atoms in total. The minimum absolute atomic E-state index is 0. The Morgan fingerprint density at radius 2 is 1.86 bits per heavy atom. The maximum atomic E-state index is 4.36. The van der Waals surface area contributed by atoms with Crippen molar-refractivity contribution < 1.29 is 0 Å². The lowest BCUT2D eigenvalue weighted by Crippen LogP contribution is -2.50. The molecule has 2 N–H and O–H groups in total. The van der Waals surface area contributed by atoms with Crippen LogP contribution in [0.4, 0.5) is 0 Å². The van der Waals surface area contributed by atoms with Gasteiger partial charge in [-0.05, 0) is 35.6 Å². The molecule has 28 heavy (non-hydrogen) atoms. The van der Waals surface area contributed by atoms with Gasteiger partial charge in [-0.3, -0.25) is 14.9 Å². The first-order valence-corrected chi connectivity index (χ1v) is 9.82. The maximum absolute atomic E-state index is 4.36. The van der Waals surface area contributed by atoms with E-state index in [-0.39, 0.29) is 24.0 Å². The summed E-state index contributed by atoms with van der Waals surface area (Å²) < 4.78 is 0. The van der Waals surface area contributed by atoms with E-state index in [9.17, 15) is 0 Å². The second kappa shape index (κ2) is 11.4. The van der Waals surface area contributed by atoms with Crippen molar-refractivity contribution in [1.82, 2.24) is 20.5 Å². The zero-order chi connectivity index (χ0) is 19.1. The highest BCUT2D eigenvalue weighted by atomic mass is 127. The molecule has 0 fully saturated rings. The Morgan fingerprint density at radius 3 is 2.54 bits per heavy atom. The van der Waals surface area contributed by atoms with Crippen LogP contribution in [0.2, 0.25) is 0 Å². The number of nitrogens with zero attached hydrogens (tertiary/aromatic N) is 3. The third kappa shape index (κ3) is 6.17. The molecular weight excluding hydrogens is 461 g/mol.